The van der Waals surface area contributed by atoms with Crippen molar-refractivity contribution >= 4 is 0 Å². The molecule has 0 amide bonds. The van der Waals surface area contributed by atoms with Crippen LogP contribution in [0, 0.1) is 0 Å². The van der Waals surface area contributed by atoms with Crippen LogP contribution in [0.4, 0.5) is 0 Å². The minimum absolute atomic E-state index is 0.564. The van der Waals surface area contributed by atoms with Gasteiger partial charge in [0.05, 0.1) is 12.2 Å². The predicted molar refractivity (Wildman–Crippen MR) is 92.0 cm³/mol. The number of rotatable bonds is 6. The van der Waals surface area contributed by atoms with Crippen LogP contribution >= 0.6 is 0 Å². The molecule has 0 radical (unpaired) electrons. The number of benzene rings is 2. The van der Waals surface area contributed by atoms with Crippen LogP contribution in [0.15, 0.2) is 54.6 Å². The van der Waals surface area contributed by atoms with Crippen LogP contribution in [-0.2, 0) is 6.54 Å². The maximum Gasteiger partial charge on any atom is 0.0938 e. The molecule has 0 bridgehead atoms. The van der Waals surface area contributed by atoms with E-state index in [0.29, 0.717) is 13.1 Å². The summed E-state index contributed by atoms with van der Waals surface area (Å²) in [6, 6.07) is 19.0. The summed E-state index contributed by atoms with van der Waals surface area (Å²) in [5.41, 5.74) is 3.72. The molecule has 0 aromatic heterocycles. The van der Waals surface area contributed by atoms with Gasteiger partial charge in [-0.1, -0.05) is 54.6 Å². The minimum atomic E-state index is -0.597. The minimum Gasteiger partial charge on any atom is -0.389 e. The molecule has 122 valence electrons. The second-order valence-electron chi connectivity index (χ2n) is 6.13. The average Bonchev–Trinajstić information content (AvgIpc) is 2.91. The Bertz CT molecular complexity index is 591. The molecule has 0 spiro atoms. The van der Waals surface area contributed by atoms with E-state index in [1.807, 2.05) is 6.07 Å². The monoisotopic (exact) mass is 312 g/mol. The number of hydrogen-bond donors (Lipinski definition) is 3. The van der Waals surface area contributed by atoms with E-state index in [1.165, 1.54) is 16.7 Å². The van der Waals surface area contributed by atoms with Gasteiger partial charge in [0.1, 0.15) is 0 Å². The van der Waals surface area contributed by atoms with Gasteiger partial charge in [-0.2, -0.15) is 0 Å². The molecular formula is C19H24N2O2. The molecule has 4 nitrogen and oxygen atoms in total. The molecule has 0 aliphatic carbocycles. The molecule has 1 aliphatic heterocycles. The maximum absolute atomic E-state index is 9.51. The standard InChI is InChI=1S/C19H24N2O2/c22-18-13-21(14-19(18)23)11-10-20-12-15-6-8-17(9-7-15)16-4-2-1-3-5-16/h1-9,18-20,22-23H,10-14H2/t18-,19-/m1/s1. The van der Waals surface area contributed by atoms with Crippen molar-refractivity contribution in [3.8, 4) is 11.1 Å². The van der Waals surface area contributed by atoms with Crippen LogP contribution < -0.4 is 5.32 Å². The molecule has 0 unspecified atom stereocenters. The molecule has 1 saturated heterocycles. The van der Waals surface area contributed by atoms with Crippen LogP contribution in [0.5, 0.6) is 0 Å². The van der Waals surface area contributed by atoms with E-state index in [1.54, 1.807) is 0 Å². The zero-order valence-corrected chi connectivity index (χ0v) is 13.2. The summed E-state index contributed by atoms with van der Waals surface area (Å²) >= 11 is 0. The Balaban J connectivity index is 1.43. The highest BCUT2D eigenvalue weighted by atomic mass is 16.3. The van der Waals surface area contributed by atoms with E-state index in [0.717, 1.165) is 19.6 Å². The number of aliphatic hydroxyl groups is 2. The lowest BCUT2D eigenvalue weighted by atomic mass is 10.0. The van der Waals surface area contributed by atoms with Gasteiger partial charge in [0.15, 0.2) is 0 Å². The van der Waals surface area contributed by atoms with E-state index in [-0.39, 0.29) is 0 Å². The first kappa shape index (κ1) is 16.1. The fourth-order valence-electron chi connectivity index (χ4n) is 2.95. The molecule has 3 N–H and O–H groups in total. The first-order valence-electron chi connectivity index (χ1n) is 8.16. The Morgan fingerprint density at radius 3 is 2.13 bits per heavy atom. The van der Waals surface area contributed by atoms with Crippen LogP contribution in [0.25, 0.3) is 11.1 Å². The molecular weight excluding hydrogens is 288 g/mol. The smallest absolute Gasteiger partial charge is 0.0938 e. The van der Waals surface area contributed by atoms with Crippen molar-refractivity contribution in [3.63, 3.8) is 0 Å². The maximum atomic E-state index is 9.51. The predicted octanol–water partition coefficient (Wildman–Crippen LogP) is 1.48. The number of nitrogens with one attached hydrogen (secondary N) is 1. The summed E-state index contributed by atoms with van der Waals surface area (Å²) in [6.45, 7) is 3.65. The van der Waals surface area contributed by atoms with E-state index >= 15 is 0 Å². The fraction of sp³-hybridized carbons (Fsp3) is 0.368. The Hall–Kier alpha value is -1.72. The van der Waals surface area contributed by atoms with E-state index in [9.17, 15) is 10.2 Å². The van der Waals surface area contributed by atoms with Crippen molar-refractivity contribution in [3.05, 3.63) is 60.2 Å². The summed E-state index contributed by atoms with van der Waals surface area (Å²) in [5, 5.41) is 22.4. The van der Waals surface area contributed by atoms with Crippen LogP contribution in [0.2, 0.25) is 0 Å². The quantitative estimate of drug-likeness (QED) is 0.707. The Kier molecular flexibility index (Phi) is 5.41. The molecule has 3 rings (SSSR count). The molecule has 1 fully saturated rings. The van der Waals surface area contributed by atoms with Gasteiger partial charge in [-0.15, -0.1) is 0 Å². The summed E-state index contributed by atoms with van der Waals surface area (Å²) in [5.74, 6) is 0. The van der Waals surface area contributed by atoms with Gasteiger partial charge in [0.25, 0.3) is 0 Å². The topological polar surface area (TPSA) is 55.7 Å². The number of nitrogens with zero attached hydrogens (tertiary/aromatic N) is 1. The molecule has 2 atom stereocenters. The van der Waals surface area contributed by atoms with Gasteiger partial charge in [-0.3, -0.25) is 4.90 Å². The van der Waals surface area contributed by atoms with Gasteiger partial charge in [0, 0.05) is 32.7 Å². The lowest BCUT2D eigenvalue weighted by Crippen LogP contribution is -2.31. The fourth-order valence-corrected chi connectivity index (χ4v) is 2.95. The highest BCUT2D eigenvalue weighted by Crippen LogP contribution is 2.19. The second kappa shape index (κ2) is 7.70. The molecule has 1 aliphatic rings. The number of β-amino-alcohol motifs (C(OH)–C–C–N with tert-alkyl or cyclic N) is 2. The molecule has 2 aromatic rings. The Morgan fingerprint density at radius 2 is 1.48 bits per heavy atom. The molecule has 4 heteroatoms. The van der Waals surface area contributed by atoms with Gasteiger partial charge >= 0.3 is 0 Å². The second-order valence-corrected chi connectivity index (χ2v) is 6.13. The van der Waals surface area contributed by atoms with Gasteiger partial charge in [0.2, 0.25) is 0 Å². The zero-order valence-electron chi connectivity index (χ0n) is 13.2. The Labute approximate surface area is 137 Å². The molecule has 0 saturated carbocycles. The van der Waals surface area contributed by atoms with E-state index in [4.69, 9.17) is 0 Å². The van der Waals surface area contributed by atoms with Crippen molar-refractivity contribution in [2.24, 2.45) is 0 Å². The van der Waals surface area contributed by atoms with E-state index < -0.39 is 12.2 Å². The average molecular weight is 312 g/mol. The largest absolute Gasteiger partial charge is 0.389 e. The van der Waals surface area contributed by atoms with Crippen LogP contribution in [-0.4, -0.2) is 53.5 Å². The Morgan fingerprint density at radius 1 is 0.870 bits per heavy atom. The first-order valence-corrected chi connectivity index (χ1v) is 8.16. The normalized spacial score (nSPS) is 21.7. The third-order valence-electron chi connectivity index (χ3n) is 4.33. The van der Waals surface area contributed by atoms with Crippen LogP contribution in [0.3, 0.4) is 0 Å². The van der Waals surface area contributed by atoms with Gasteiger partial charge in [-0.25, -0.2) is 0 Å². The van der Waals surface area contributed by atoms with Crippen molar-refractivity contribution in [2.75, 3.05) is 26.2 Å². The number of hydrogen-bond acceptors (Lipinski definition) is 4. The molecule has 23 heavy (non-hydrogen) atoms. The summed E-state index contributed by atoms with van der Waals surface area (Å²) < 4.78 is 0. The summed E-state index contributed by atoms with van der Waals surface area (Å²) in [7, 11) is 0. The van der Waals surface area contributed by atoms with E-state index in [2.05, 4.69) is 58.7 Å². The SMILES string of the molecule is O[C@@H]1CN(CCNCc2ccc(-c3ccccc3)cc2)C[C@H]1O. The van der Waals surface area contributed by atoms with Gasteiger partial charge in [-0.05, 0) is 16.7 Å². The first-order chi connectivity index (χ1) is 11.2. The highest BCUT2D eigenvalue weighted by molar-refractivity contribution is 5.63. The van der Waals surface area contributed by atoms with Crippen LogP contribution in [0.1, 0.15) is 5.56 Å². The van der Waals surface area contributed by atoms with Crippen molar-refractivity contribution in [2.45, 2.75) is 18.8 Å². The van der Waals surface area contributed by atoms with Gasteiger partial charge < -0.3 is 15.5 Å². The number of likely N-dealkylation sites (tertiary alicyclic amines) is 1. The molecule has 1 heterocycles. The zero-order chi connectivity index (χ0) is 16.1. The van der Waals surface area contributed by atoms with Crippen molar-refractivity contribution in [1.82, 2.24) is 10.2 Å². The molecule has 2 aromatic carbocycles. The number of aliphatic hydroxyl groups excluding tert-OH is 2. The lowest BCUT2D eigenvalue weighted by Gasteiger charge is -2.15. The summed E-state index contributed by atoms with van der Waals surface area (Å²) in [6.07, 6.45) is -1.19. The third-order valence-corrected chi connectivity index (χ3v) is 4.33. The third kappa shape index (κ3) is 4.39. The highest BCUT2D eigenvalue weighted by Gasteiger charge is 2.28. The lowest BCUT2D eigenvalue weighted by molar-refractivity contribution is 0.0572. The van der Waals surface area contributed by atoms with Crippen molar-refractivity contribution in [1.29, 1.82) is 0 Å². The summed E-state index contributed by atoms with van der Waals surface area (Å²) in [4.78, 5) is 2.08. The van der Waals surface area contributed by atoms with Crippen molar-refractivity contribution < 1.29 is 10.2 Å².